The fraction of sp³-hybridized carbons (Fsp3) is 0.400. The zero-order valence-electron chi connectivity index (χ0n) is 12.2. The van der Waals surface area contributed by atoms with Crippen LogP contribution in [0.3, 0.4) is 0 Å². The minimum atomic E-state index is -0.353. The summed E-state index contributed by atoms with van der Waals surface area (Å²) in [6.45, 7) is 4.25. The van der Waals surface area contributed by atoms with Gasteiger partial charge in [0.15, 0.2) is 0 Å². The molecule has 0 spiro atoms. The van der Waals surface area contributed by atoms with Crippen LogP contribution in [-0.2, 0) is 11.4 Å². The lowest BCUT2D eigenvalue weighted by atomic mass is 10.1. The lowest BCUT2D eigenvalue weighted by Gasteiger charge is -2.19. The van der Waals surface area contributed by atoms with Crippen LogP contribution in [0.25, 0.3) is 10.9 Å². The molecule has 0 aliphatic rings. The van der Waals surface area contributed by atoms with Crippen molar-refractivity contribution >= 4 is 16.9 Å². The molecule has 0 bridgehead atoms. The van der Waals surface area contributed by atoms with E-state index < -0.39 is 0 Å². The predicted molar refractivity (Wildman–Crippen MR) is 78.5 cm³/mol. The third kappa shape index (κ3) is 3.38. The maximum Gasteiger partial charge on any atom is 0.337 e. The van der Waals surface area contributed by atoms with E-state index in [2.05, 4.69) is 23.0 Å². The largest absolute Gasteiger partial charge is 0.465 e. The molecule has 2 aromatic rings. The van der Waals surface area contributed by atoms with Gasteiger partial charge in [0.2, 0.25) is 0 Å². The zero-order chi connectivity index (χ0) is 15.2. The molecule has 0 radical (unpaired) electrons. The number of ether oxygens (including phenoxy) is 1. The van der Waals surface area contributed by atoms with Crippen molar-refractivity contribution in [1.82, 2.24) is 14.7 Å². The Balaban J connectivity index is 2.22. The molecular weight excluding hydrogens is 268 g/mol. The van der Waals surface area contributed by atoms with Crippen molar-refractivity contribution in [3.63, 3.8) is 0 Å². The van der Waals surface area contributed by atoms with Crippen molar-refractivity contribution in [2.24, 2.45) is 0 Å². The number of aromatic nitrogens is 2. The van der Waals surface area contributed by atoms with E-state index in [-0.39, 0.29) is 5.97 Å². The van der Waals surface area contributed by atoms with Gasteiger partial charge < -0.3 is 4.74 Å². The van der Waals surface area contributed by atoms with Gasteiger partial charge in [0.25, 0.3) is 0 Å². The molecule has 1 aromatic carbocycles. The number of rotatable bonds is 6. The number of fused-ring (bicyclic) bond motifs is 1. The van der Waals surface area contributed by atoms with Crippen molar-refractivity contribution in [3.8, 4) is 6.07 Å². The first-order valence-corrected chi connectivity index (χ1v) is 6.82. The zero-order valence-corrected chi connectivity index (χ0v) is 12.2. The number of benzene rings is 1. The first kappa shape index (κ1) is 15.0. The van der Waals surface area contributed by atoms with E-state index in [0.717, 1.165) is 17.4 Å². The average molecular weight is 286 g/mol. The smallest absolute Gasteiger partial charge is 0.337 e. The summed E-state index contributed by atoms with van der Waals surface area (Å²) in [6, 6.07) is 7.53. The van der Waals surface area contributed by atoms with E-state index in [1.807, 2.05) is 10.7 Å². The van der Waals surface area contributed by atoms with Crippen molar-refractivity contribution in [3.05, 3.63) is 30.0 Å². The molecular formula is C15H18N4O2. The molecule has 110 valence electrons. The molecule has 6 nitrogen and oxygen atoms in total. The summed E-state index contributed by atoms with van der Waals surface area (Å²) in [5.41, 5.74) is 1.47. The molecule has 21 heavy (non-hydrogen) atoms. The predicted octanol–water partition coefficient (Wildman–Crippen LogP) is 2.02. The monoisotopic (exact) mass is 286 g/mol. The van der Waals surface area contributed by atoms with Crippen LogP contribution in [0.5, 0.6) is 0 Å². The Morgan fingerprint density at radius 2 is 2.33 bits per heavy atom. The van der Waals surface area contributed by atoms with E-state index in [1.165, 1.54) is 7.11 Å². The van der Waals surface area contributed by atoms with Gasteiger partial charge in [-0.05, 0) is 24.7 Å². The number of hydrogen-bond acceptors (Lipinski definition) is 5. The quantitative estimate of drug-likeness (QED) is 0.760. The van der Waals surface area contributed by atoms with Crippen LogP contribution in [0.4, 0.5) is 0 Å². The molecule has 0 fully saturated rings. The standard InChI is InChI=1S/C15H18N4O2/c1-3-18(8-4-7-16)11-19-14-6-5-12(15(20)21-2)9-13(14)10-17-19/h5-6,9-10H,3-4,8,11H2,1-2H3. The third-order valence-electron chi connectivity index (χ3n) is 3.38. The molecule has 6 heteroatoms. The van der Waals surface area contributed by atoms with Gasteiger partial charge in [-0.2, -0.15) is 10.4 Å². The molecule has 0 N–H and O–H groups in total. The fourth-order valence-corrected chi connectivity index (χ4v) is 2.17. The van der Waals surface area contributed by atoms with Crippen molar-refractivity contribution in [2.75, 3.05) is 20.2 Å². The van der Waals surface area contributed by atoms with Gasteiger partial charge in [-0.15, -0.1) is 0 Å². The van der Waals surface area contributed by atoms with E-state index in [0.29, 0.717) is 25.2 Å². The number of methoxy groups -OCH3 is 1. The van der Waals surface area contributed by atoms with Crippen molar-refractivity contribution in [1.29, 1.82) is 5.26 Å². The Morgan fingerprint density at radius 1 is 1.52 bits per heavy atom. The Morgan fingerprint density at radius 3 is 3.00 bits per heavy atom. The highest BCUT2D eigenvalue weighted by Crippen LogP contribution is 2.17. The lowest BCUT2D eigenvalue weighted by molar-refractivity contribution is 0.0601. The average Bonchev–Trinajstić information content (AvgIpc) is 2.92. The third-order valence-corrected chi connectivity index (χ3v) is 3.38. The second-order valence-corrected chi connectivity index (χ2v) is 4.67. The number of hydrogen-bond donors (Lipinski definition) is 0. The van der Waals surface area contributed by atoms with Crippen LogP contribution in [0.15, 0.2) is 24.4 Å². The molecule has 0 saturated carbocycles. The summed E-state index contributed by atoms with van der Waals surface area (Å²) >= 11 is 0. The van der Waals surface area contributed by atoms with Gasteiger partial charge in [0.05, 0.1) is 37.1 Å². The van der Waals surface area contributed by atoms with Crippen LogP contribution >= 0.6 is 0 Å². The van der Waals surface area contributed by atoms with Gasteiger partial charge in [-0.1, -0.05) is 6.92 Å². The minimum Gasteiger partial charge on any atom is -0.465 e. The number of nitriles is 1. The lowest BCUT2D eigenvalue weighted by Crippen LogP contribution is -2.27. The van der Waals surface area contributed by atoms with Crippen molar-refractivity contribution < 1.29 is 9.53 Å². The van der Waals surface area contributed by atoms with Gasteiger partial charge in [0, 0.05) is 18.4 Å². The summed E-state index contributed by atoms with van der Waals surface area (Å²) in [4.78, 5) is 13.7. The molecule has 1 heterocycles. The molecule has 0 aliphatic carbocycles. The second-order valence-electron chi connectivity index (χ2n) is 4.67. The first-order valence-electron chi connectivity index (χ1n) is 6.82. The summed E-state index contributed by atoms with van der Waals surface area (Å²) in [7, 11) is 1.37. The maximum absolute atomic E-state index is 11.5. The number of esters is 1. The van der Waals surface area contributed by atoms with E-state index in [4.69, 9.17) is 10.00 Å². The van der Waals surface area contributed by atoms with Gasteiger partial charge >= 0.3 is 5.97 Å². The molecule has 0 aliphatic heterocycles. The first-order chi connectivity index (χ1) is 10.2. The van der Waals surface area contributed by atoms with Gasteiger partial charge in [0.1, 0.15) is 0 Å². The Kier molecular flexibility index (Phi) is 4.90. The highest BCUT2D eigenvalue weighted by Gasteiger charge is 2.10. The minimum absolute atomic E-state index is 0.353. The van der Waals surface area contributed by atoms with Gasteiger partial charge in [-0.25, -0.2) is 4.79 Å². The van der Waals surface area contributed by atoms with E-state index >= 15 is 0 Å². The number of carbonyl (C=O) groups excluding carboxylic acids is 1. The Hall–Kier alpha value is -2.39. The van der Waals surface area contributed by atoms with E-state index in [1.54, 1.807) is 18.3 Å². The molecule has 1 aromatic heterocycles. The molecule has 0 atom stereocenters. The second kappa shape index (κ2) is 6.86. The normalized spacial score (nSPS) is 10.8. The fourth-order valence-electron chi connectivity index (χ4n) is 2.17. The summed E-state index contributed by atoms with van der Waals surface area (Å²) in [5, 5.41) is 13.9. The maximum atomic E-state index is 11.5. The van der Waals surface area contributed by atoms with Gasteiger partial charge in [-0.3, -0.25) is 9.58 Å². The van der Waals surface area contributed by atoms with Crippen LogP contribution in [0, 0.1) is 11.3 Å². The molecule has 2 rings (SSSR count). The van der Waals surface area contributed by atoms with Crippen LogP contribution in [0.1, 0.15) is 23.7 Å². The van der Waals surface area contributed by atoms with Crippen molar-refractivity contribution in [2.45, 2.75) is 20.0 Å². The number of nitrogens with zero attached hydrogens (tertiary/aromatic N) is 4. The highest BCUT2D eigenvalue weighted by atomic mass is 16.5. The molecule has 0 unspecified atom stereocenters. The number of carbonyl (C=O) groups is 1. The van der Waals surface area contributed by atoms with Crippen LogP contribution < -0.4 is 0 Å². The Bertz CT molecular complexity index is 672. The Labute approximate surface area is 123 Å². The summed E-state index contributed by atoms with van der Waals surface area (Å²) in [5.74, 6) is -0.353. The van der Waals surface area contributed by atoms with Crippen LogP contribution in [0.2, 0.25) is 0 Å². The SMILES string of the molecule is CCN(CCC#N)Cn1ncc2cc(C(=O)OC)ccc21. The van der Waals surface area contributed by atoms with E-state index in [9.17, 15) is 4.79 Å². The molecule has 0 amide bonds. The van der Waals surface area contributed by atoms with Crippen LogP contribution in [-0.4, -0.2) is 40.8 Å². The summed E-state index contributed by atoms with van der Waals surface area (Å²) < 4.78 is 6.59. The summed E-state index contributed by atoms with van der Waals surface area (Å²) in [6.07, 6.45) is 2.24. The topological polar surface area (TPSA) is 71.2 Å². The highest BCUT2D eigenvalue weighted by molar-refractivity contribution is 5.94. The molecule has 0 saturated heterocycles.